The quantitative estimate of drug-likeness (QED) is 0.740. The van der Waals surface area contributed by atoms with Gasteiger partial charge in [-0.25, -0.2) is 8.42 Å². The van der Waals surface area contributed by atoms with Gasteiger partial charge in [-0.05, 0) is 19.1 Å². The molecular weight excluding hydrogens is 350 g/mol. The fourth-order valence-electron chi connectivity index (χ4n) is 2.71. The monoisotopic (exact) mass is 375 g/mol. The summed E-state index contributed by atoms with van der Waals surface area (Å²) in [6, 6.07) is 6.69. The maximum atomic E-state index is 12.6. The van der Waals surface area contributed by atoms with Gasteiger partial charge in [-0.2, -0.15) is 21.3 Å². The Morgan fingerprint density at radius 3 is 1.79 bits per heavy atom. The van der Waals surface area contributed by atoms with Crippen LogP contribution < -0.4 is 0 Å². The molecule has 1 aliphatic rings. The lowest BCUT2D eigenvalue weighted by atomic mass is 10.2. The first-order chi connectivity index (χ1) is 11.2. The van der Waals surface area contributed by atoms with Crippen LogP contribution in [0.1, 0.15) is 19.4 Å². The predicted molar refractivity (Wildman–Crippen MR) is 93.4 cm³/mol. The normalized spacial score (nSPS) is 18.2. The Bertz CT molecular complexity index is 748. The summed E-state index contributed by atoms with van der Waals surface area (Å²) in [5, 5.41) is 0. The van der Waals surface area contributed by atoms with E-state index in [-0.39, 0.29) is 31.1 Å². The average molecular weight is 376 g/mol. The van der Waals surface area contributed by atoms with Crippen molar-refractivity contribution in [3.8, 4) is 0 Å². The highest BCUT2D eigenvalue weighted by molar-refractivity contribution is 7.89. The Kier molecular flexibility index (Phi) is 6.03. The van der Waals surface area contributed by atoms with Crippen LogP contribution in [0.3, 0.4) is 0 Å². The van der Waals surface area contributed by atoms with Crippen molar-refractivity contribution in [1.29, 1.82) is 0 Å². The number of rotatable bonds is 6. The first-order valence-corrected chi connectivity index (χ1v) is 10.9. The van der Waals surface area contributed by atoms with E-state index in [2.05, 4.69) is 0 Å². The Balaban J connectivity index is 2.11. The number of hydrogen-bond acceptors (Lipinski definition) is 4. The highest BCUT2D eigenvalue weighted by Crippen LogP contribution is 2.20. The zero-order valence-electron chi connectivity index (χ0n) is 14.3. The van der Waals surface area contributed by atoms with E-state index in [0.717, 1.165) is 5.56 Å². The topological polar surface area (TPSA) is 78.0 Å². The number of piperazine rings is 1. The molecule has 0 aliphatic carbocycles. The minimum atomic E-state index is -3.58. The molecule has 24 heavy (non-hydrogen) atoms. The zero-order chi connectivity index (χ0) is 18.0. The summed E-state index contributed by atoms with van der Waals surface area (Å²) in [5.41, 5.74) is 0.990. The lowest BCUT2D eigenvalue weighted by Crippen LogP contribution is -2.54. The third-order valence-corrected chi connectivity index (χ3v) is 8.31. The maximum absolute atomic E-state index is 12.6. The van der Waals surface area contributed by atoms with Gasteiger partial charge in [-0.15, -0.1) is 0 Å². The van der Waals surface area contributed by atoms with Crippen LogP contribution in [-0.4, -0.2) is 69.0 Å². The number of sulfonamides is 1. The van der Waals surface area contributed by atoms with Crippen LogP contribution >= 0.6 is 0 Å². The van der Waals surface area contributed by atoms with Gasteiger partial charge < -0.3 is 0 Å². The summed E-state index contributed by atoms with van der Waals surface area (Å²) in [5.74, 6) is 0. The predicted octanol–water partition coefficient (Wildman–Crippen LogP) is 0.888. The maximum Gasteiger partial charge on any atom is 0.282 e. The zero-order valence-corrected chi connectivity index (χ0v) is 16.0. The molecule has 136 valence electrons. The molecular formula is C15H25N3O4S2. The fourth-order valence-corrected chi connectivity index (χ4v) is 5.74. The van der Waals surface area contributed by atoms with Gasteiger partial charge in [0, 0.05) is 39.3 Å². The van der Waals surface area contributed by atoms with E-state index in [9.17, 15) is 16.8 Å². The van der Waals surface area contributed by atoms with Gasteiger partial charge in [-0.1, -0.05) is 31.5 Å². The van der Waals surface area contributed by atoms with Gasteiger partial charge in [0.25, 0.3) is 10.2 Å². The summed E-state index contributed by atoms with van der Waals surface area (Å²) in [4.78, 5) is 0.244. The molecule has 7 nitrogen and oxygen atoms in total. The van der Waals surface area contributed by atoms with E-state index in [4.69, 9.17) is 0 Å². The standard InChI is InChI=1S/C15H25N3O4S2/c1-4-16(5-2)24(21,22)18-12-10-17(11-13-18)23(19,20)15-8-6-14(3)7-9-15/h6-9H,4-5,10-13H2,1-3H3. The second kappa shape index (κ2) is 7.49. The highest BCUT2D eigenvalue weighted by Gasteiger charge is 2.34. The average Bonchev–Trinajstić information content (AvgIpc) is 2.56. The van der Waals surface area contributed by atoms with Crippen LogP contribution in [0.2, 0.25) is 0 Å². The first-order valence-electron chi connectivity index (χ1n) is 8.05. The second-order valence-electron chi connectivity index (χ2n) is 5.71. The summed E-state index contributed by atoms with van der Waals surface area (Å²) in [7, 11) is -7.10. The Morgan fingerprint density at radius 1 is 0.875 bits per heavy atom. The van der Waals surface area contributed by atoms with Crippen molar-refractivity contribution in [2.45, 2.75) is 25.7 Å². The van der Waals surface area contributed by atoms with Gasteiger partial charge >= 0.3 is 0 Å². The molecule has 1 saturated heterocycles. The molecule has 0 amide bonds. The number of aryl methyl sites for hydroxylation is 1. The fraction of sp³-hybridized carbons (Fsp3) is 0.600. The van der Waals surface area contributed by atoms with Crippen molar-refractivity contribution in [3.05, 3.63) is 29.8 Å². The van der Waals surface area contributed by atoms with Gasteiger partial charge in [-0.3, -0.25) is 0 Å². The van der Waals surface area contributed by atoms with Crippen LogP contribution in [0.5, 0.6) is 0 Å². The lowest BCUT2D eigenvalue weighted by Gasteiger charge is -2.35. The Hall–Kier alpha value is -1.00. The molecule has 0 N–H and O–H groups in total. The van der Waals surface area contributed by atoms with Gasteiger partial charge in [0.05, 0.1) is 4.90 Å². The molecule has 0 saturated carbocycles. The van der Waals surface area contributed by atoms with E-state index in [1.807, 2.05) is 6.92 Å². The SMILES string of the molecule is CCN(CC)S(=O)(=O)N1CCN(S(=O)(=O)c2ccc(C)cc2)CC1. The van der Waals surface area contributed by atoms with Crippen molar-refractivity contribution < 1.29 is 16.8 Å². The summed E-state index contributed by atoms with van der Waals surface area (Å²) >= 11 is 0. The van der Waals surface area contributed by atoms with E-state index < -0.39 is 20.2 Å². The smallest absolute Gasteiger partial charge is 0.207 e. The summed E-state index contributed by atoms with van der Waals surface area (Å²) < 4.78 is 54.4. The van der Waals surface area contributed by atoms with Gasteiger partial charge in [0.15, 0.2) is 0 Å². The van der Waals surface area contributed by atoms with Crippen molar-refractivity contribution in [1.82, 2.24) is 12.9 Å². The van der Waals surface area contributed by atoms with E-state index in [1.54, 1.807) is 38.1 Å². The molecule has 1 aromatic carbocycles. The lowest BCUT2D eigenvalue weighted by molar-refractivity contribution is 0.256. The largest absolute Gasteiger partial charge is 0.282 e. The molecule has 1 fully saturated rings. The molecule has 0 spiro atoms. The van der Waals surface area contributed by atoms with Gasteiger partial charge in [0.1, 0.15) is 0 Å². The molecule has 9 heteroatoms. The van der Waals surface area contributed by atoms with Crippen LogP contribution in [0.25, 0.3) is 0 Å². The van der Waals surface area contributed by atoms with E-state index in [1.165, 1.54) is 12.9 Å². The Labute approximate surface area is 145 Å². The van der Waals surface area contributed by atoms with Crippen molar-refractivity contribution in [2.75, 3.05) is 39.3 Å². The molecule has 1 heterocycles. The van der Waals surface area contributed by atoms with Crippen LogP contribution in [0, 0.1) is 6.92 Å². The number of hydrogen-bond donors (Lipinski definition) is 0. The number of nitrogens with zero attached hydrogens (tertiary/aromatic N) is 3. The van der Waals surface area contributed by atoms with Crippen molar-refractivity contribution in [2.24, 2.45) is 0 Å². The number of benzene rings is 1. The molecule has 0 atom stereocenters. The van der Waals surface area contributed by atoms with Crippen LogP contribution in [-0.2, 0) is 20.2 Å². The molecule has 1 aromatic rings. The third kappa shape index (κ3) is 3.80. The van der Waals surface area contributed by atoms with Crippen molar-refractivity contribution >= 4 is 20.2 Å². The second-order valence-corrected chi connectivity index (χ2v) is 9.57. The summed E-state index contributed by atoms with van der Waals surface area (Å²) in [6.45, 7) is 6.95. The van der Waals surface area contributed by atoms with Crippen molar-refractivity contribution in [3.63, 3.8) is 0 Å². The van der Waals surface area contributed by atoms with E-state index >= 15 is 0 Å². The minimum Gasteiger partial charge on any atom is -0.207 e. The molecule has 0 bridgehead atoms. The van der Waals surface area contributed by atoms with E-state index in [0.29, 0.717) is 13.1 Å². The molecule has 0 radical (unpaired) electrons. The highest BCUT2D eigenvalue weighted by atomic mass is 32.2. The molecule has 1 aliphatic heterocycles. The van der Waals surface area contributed by atoms with Gasteiger partial charge in [0.2, 0.25) is 10.0 Å². The Morgan fingerprint density at radius 2 is 1.33 bits per heavy atom. The summed E-state index contributed by atoms with van der Waals surface area (Å²) in [6.07, 6.45) is 0. The molecule has 0 aromatic heterocycles. The third-order valence-electron chi connectivity index (χ3n) is 4.21. The van der Waals surface area contributed by atoms with Crippen LogP contribution in [0.4, 0.5) is 0 Å². The molecule has 2 rings (SSSR count). The first kappa shape index (κ1) is 19.3. The molecule has 0 unspecified atom stereocenters. The van der Waals surface area contributed by atoms with Crippen LogP contribution in [0.15, 0.2) is 29.2 Å². The minimum absolute atomic E-state index is 0.163.